The van der Waals surface area contributed by atoms with Crippen molar-refractivity contribution >= 4 is 17.7 Å². The van der Waals surface area contributed by atoms with Crippen LogP contribution in [0.3, 0.4) is 0 Å². The largest absolute Gasteiger partial charge is 0.507 e. The molecule has 1 aromatic rings. The molecule has 0 bridgehead atoms. The first-order chi connectivity index (χ1) is 29.8. The van der Waals surface area contributed by atoms with Crippen molar-refractivity contribution in [3.05, 3.63) is 28.8 Å². The molecule has 0 saturated carbocycles. The van der Waals surface area contributed by atoms with Gasteiger partial charge in [0.05, 0.1) is 0 Å². The van der Waals surface area contributed by atoms with Gasteiger partial charge in [0.15, 0.2) is 0 Å². The Morgan fingerprint density at radius 3 is 1.00 bits per heavy atom. The van der Waals surface area contributed by atoms with E-state index in [4.69, 9.17) is 34.4 Å². The van der Waals surface area contributed by atoms with E-state index in [-0.39, 0.29) is 36.3 Å². The standard InChI is InChI=1S/C45H90N12O4/c46-19-7-28-52-25-1-4-31-55(34-10-22-49)42(58)16-13-39-37-40(14-17-43(59)56(35-11-23-50)32-5-2-26-53-29-8-20-47)45(61)41(38-39)15-18-44(60)57(36-12-24-51)33-6-3-27-54-30-9-21-48/h37-38,52-54,61H,1-36,46-51H2. The van der Waals surface area contributed by atoms with E-state index < -0.39 is 0 Å². The number of nitrogens with zero attached hydrogens (tertiary/aromatic N) is 3. The van der Waals surface area contributed by atoms with E-state index in [1.807, 2.05) is 26.8 Å². The second kappa shape index (κ2) is 38.7. The van der Waals surface area contributed by atoms with Crippen LogP contribution in [0.5, 0.6) is 5.75 Å². The number of phenols is 1. The van der Waals surface area contributed by atoms with Gasteiger partial charge in [-0.1, -0.05) is 12.1 Å². The van der Waals surface area contributed by atoms with Crippen molar-refractivity contribution in [2.24, 2.45) is 34.4 Å². The van der Waals surface area contributed by atoms with Gasteiger partial charge in [-0.05, 0) is 192 Å². The number of aryl methyl sites for hydroxylation is 3. The summed E-state index contributed by atoms with van der Waals surface area (Å²) in [5, 5.41) is 21.9. The molecule has 354 valence electrons. The third-order valence-corrected chi connectivity index (χ3v) is 10.9. The topological polar surface area (TPSA) is 273 Å². The number of amides is 3. The van der Waals surface area contributed by atoms with Gasteiger partial charge in [-0.3, -0.25) is 14.4 Å². The van der Waals surface area contributed by atoms with Crippen LogP contribution in [0, 0.1) is 0 Å². The minimum atomic E-state index is 0.0245. The number of aromatic hydroxyl groups is 1. The Morgan fingerprint density at radius 2 is 0.689 bits per heavy atom. The van der Waals surface area contributed by atoms with Crippen molar-refractivity contribution in [1.82, 2.24) is 30.7 Å². The number of carbonyl (C=O) groups excluding carboxylic acids is 3. The summed E-state index contributed by atoms with van der Waals surface area (Å²) in [6, 6.07) is 3.87. The summed E-state index contributed by atoms with van der Waals surface area (Å²) in [4.78, 5) is 46.6. The van der Waals surface area contributed by atoms with Crippen molar-refractivity contribution in [2.75, 3.05) is 118 Å². The molecule has 0 aliphatic carbocycles. The van der Waals surface area contributed by atoms with E-state index >= 15 is 0 Å². The smallest absolute Gasteiger partial charge is 0.222 e. The van der Waals surface area contributed by atoms with Crippen LogP contribution in [0.1, 0.15) is 113 Å². The quantitative estimate of drug-likeness (QED) is 0.0410. The summed E-state index contributed by atoms with van der Waals surface area (Å²) in [7, 11) is 0. The van der Waals surface area contributed by atoms with E-state index in [0.717, 1.165) is 122 Å². The number of benzene rings is 1. The molecule has 16 N–H and O–H groups in total. The zero-order chi connectivity index (χ0) is 44.8. The fourth-order valence-electron chi connectivity index (χ4n) is 7.21. The van der Waals surface area contributed by atoms with Gasteiger partial charge in [-0.25, -0.2) is 0 Å². The molecular weight excluding hydrogens is 773 g/mol. The van der Waals surface area contributed by atoms with Gasteiger partial charge in [0.25, 0.3) is 0 Å². The van der Waals surface area contributed by atoms with E-state index in [0.29, 0.717) is 115 Å². The predicted octanol–water partition coefficient (Wildman–Crippen LogP) is 0.878. The maximum absolute atomic E-state index is 13.6. The molecule has 0 spiro atoms. The molecule has 1 rings (SSSR count). The van der Waals surface area contributed by atoms with Gasteiger partial charge in [-0.15, -0.1) is 0 Å². The van der Waals surface area contributed by atoms with Crippen LogP contribution >= 0.6 is 0 Å². The number of nitrogens with two attached hydrogens (primary N) is 6. The van der Waals surface area contributed by atoms with Crippen LogP contribution in [-0.2, 0) is 33.6 Å². The average molecular weight is 863 g/mol. The summed E-state index contributed by atoms with van der Waals surface area (Å²) in [6.45, 7) is 12.6. The molecule has 3 amide bonds. The minimum Gasteiger partial charge on any atom is -0.507 e. The van der Waals surface area contributed by atoms with Crippen molar-refractivity contribution in [2.45, 2.75) is 116 Å². The van der Waals surface area contributed by atoms with Gasteiger partial charge in [0, 0.05) is 58.5 Å². The normalized spacial score (nSPS) is 11.3. The molecule has 1 aromatic carbocycles. The summed E-state index contributed by atoms with van der Waals surface area (Å²) in [6.07, 6.45) is 12.4. The highest BCUT2D eigenvalue weighted by Gasteiger charge is 2.20. The fourth-order valence-corrected chi connectivity index (χ4v) is 7.21. The maximum Gasteiger partial charge on any atom is 0.222 e. The number of carbonyl (C=O) groups is 3. The molecule has 0 aliphatic heterocycles. The summed E-state index contributed by atoms with van der Waals surface area (Å²) in [5.41, 5.74) is 36.5. The molecule has 0 saturated heterocycles. The first-order valence-electron chi connectivity index (χ1n) is 23.8. The van der Waals surface area contributed by atoms with Gasteiger partial charge in [0.2, 0.25) is 17.7 Å². The number of rotatable bonds is 42. The third-order valence-electron chi connectivity index (χ3n) is 10.9. The molecule has 0 fully saturated rings. The SMILES string of the molecule is NCCCNCCCCN(CCCN)C(=O)CCc1cc(CCC(=O)N(CCCN)CCCCNCCCN)c(O)c(CCC(=O)N(CCCN)CCCCNCCCN)c1. The van der Waals surface area contributed by atoms with Crippen LogP contribution in [0.2, 0.25) is 0 Å². The first kappa shape index (κ1) is 56.1. The summed E-state index contributed by atoms with van der Waals surface area (Å²) >= 11 is 0. The van der Waals surface area contributed by atoms with Gasteiger partial charge < -0.3 is 70.2 Å². The lowest BCUT2D eigenvalue weighted by atomic mass is 9.95. The highest BCUT2D eigenvalue weighted by Crippen LogP contribution is 2.29. The van der Waals surface area contributed by atoms with Crippen LogP contribution < -0.4 is 50.4 Å². The minimum absolute atomic E-state index is 0.0245. The van der Waals surface area contributed by atoms with E-state index in [9.17, 15) is 19.5 Å². The van der Waals surface area contributed by atoms with Crippen LogP contribution in [0.25, 0.3) is 0 Å². The summed E-state index contributed by atoms with van der Waals surface area (Å²) in [5.74, 6) is 0.240. The summed E-state index contributed by atoms with van der Waals surface area (Å²) < 4.78 is 0. The molecule has 0 heterocycles. The van der Waals surface area contributed by atoms with Gasteiger partial charge in [-0.2, -0.15) is 0 Å². The molecule has 16 nitrogen and oxygen atoms in total. The molecule has 61 heavy (non-hydrogen) atoms. The Balaban J connectivity index is 3.17. The average Bonchev–Trinajstić information content (AvgIpc) is 3.26. The second-order valence-corrected chi connectivity index (χ2v) is 16.1. The molecule has 0 aliphatic rings. The highest BCUT2D eigenvalue weighted by molar-refractivity contribution is 5.78. The lowest BCUT2D eigenvalue weighted by Crippen LogP contribution is -2.34. The first-order valence-corrected chi connectivity index (χ1v) is 23.8. The molecular formula is C45H90N12O4. The maximum atomic E-state index is 13.6. The van der Waals surface area contributed by atoms with Gasteiger partial charge >= 0.3 is 0 Å². The van der Waals surface area contributed by atoms with Crippen LogP contribution in [0.4, 0.5) is 0 Å². The molecule has 16 heteroatoms. The molecule has 0 unspecified atom stereocenters. The highest BCUT2D eigenvalue weighted by atomic mass is 16.3. The van der Waals surface area contributed by atoms with Crippen molar-refractivity contribution < 1.29 is 19.5 Å². The number of hydrogen-bond acceptors (Lipinski definition) is 13. The van der Waals surface area contributed by atoms with Crippen molar-refractivity contribution in [3.8, 4) is 5.75 Å². The Bertz CT molecular complexity index is 1190. The Morgan fingerprint density at radius 1 is 0.410 bits per heavy atom. The number of nitrogens with one attached hydrogen (secondary N) is 3. The number of phenolic OH excluding ortho intramolecular Hbond substituents is 1. The van der Waals surface area contributed by atoms with Crippen molar-refractivity contribution in [3.63, 3.8) is 0 Å². The molecule has 0 atom stereocenters. The molecule has 0 aromatic heterocycles. The second-order valence-electron chi connectivity index (χ2n) is 16.1. The zero-order valence-electron chi connectivity index (χ0n) is 38.1. The molecule has 0 radical (unpaired) electrons. The Hall–Kier alpha value is -2.93. The number of unbranched alkanes of at least 4 members (excludes halogenated alkanes) is 3. The zero-order valence-corrected chi connectivity index (χ0v) is 38.1. The number of hydrogen-bond donors (Lipinski definition) is 10. The van der Waals surface area contributed by atoms with E-state index in [1.54, 1.807) is 0 Å². The van der Waals surface area contributed by atoms with Crippen molar-refractivity contribution in [1.29, 1.82) is 0 Å². The van der Waals surface area contributed by atoms with Crippen LogP contribution in [-0.4, -0.2) is 155 Å². The predicted molar refractivity (Wildman–Crippen MR) is 251 cm³/mol. The lowest BCUT2D eigenvalue weighted by molar-refractivity contribution is -0.132. The fraction of sp³-hybridized carbons (Fsp3) is 0.800. The van der Waals surface area contributed by atoms with E-state index in [2.05, 4.69) is 16.0 Å². The lowest BCUT2D eigenvalue weighted by Gasteiger charge is -2.24. The monoisotopic (exact) mass is 863 g/mol. The van der Waals surface area contributed by atoms with Crippen LogP contribution in [0.15, 0.2) is 12.1 Å². The van der Waals surface area contributed by atoms with Gasteiger partial charge in [0.1, 0.15) is 5.75 Å². The Labute approximate surface area is 369 Å². The Kier molecular flexibility index (Phi) is 35.6. The van der Waals surface area contributed by atoms with E-state index in [1.165, 1.54) is 0 Å². The third kappa shape index (κ3) is 27.7.